The number of hydrogen-bond donors (Lipinski definition) is 1. The molecule has 0 aromatic heterocycles. The number of benzene rings is 2. The predicted octanol–water partition coefficient (Wildman–Crippen LogP) is 3.99. The normalized spacial score (nSPS) is 18.7. The highest BCUT2D eigenvalue weighted by atomic mass is 14.9. The molecule has 2 aromatic rings. The van der Waals surface area contributed by atoms with Crippen molar-refractivity contribution in [3.05, 3.63) is 59.7 Å². The van der Waals surface area contributed by atoms with Gasteiger partial charge in [-0.1, -0.05) is 55.5 Å². The molecule has 1 atom stereocenters. The first-order chi connectivity index (χ1) is 9.36. The van der Waals surface area contributed by atoms with E-state index in [2.05, 4.69) is 60.8 Å². The van der Waals surface area contributed by atoms with Gasteiger partial charge in [0.05, 0.1) is 0 Å². The lowest BCUT2D eigenvalue weighted by atomic mass is 9.95. The van der Waals surface area contributed by atoms with E-state index in [0.29, 0.717) is 5.92 Å². The molecule has 1 unspecified atom stereocenters. The van der Waals surface area contributed by atoms with Crippen molar-refractivity contribution in [3.63, 3.8) is 0 Å². The van der Waals surface area contributed by atoms with Crippen molar-refractivity contribution in [2.75, 3.05) is 13.1 Å². The Morgan fingerprint density at radius 2 is 1.58 bits per heavy atom. The molecule has 0 bridgehead atoms. The van der Waals surface area contributed by atoms with Gasteiger partial charge < -0.3 is 5.32 Å². The highest BCUT2D eigenvalue weighted by Crippen LogP contribution is 2.26. The molecule has 1 aliphatic heterocycles. The van der Waals surface area contributed by atoms with E-state index in [0.717, 1.165) is 19.5 Å². The minimum Gasteiger partial charge on any atom is -0.316 e. The summed E-state index contributed by atoms with van der Waals surface area (Å²) < 4.78 is 0. The Kier molecular flexibility index (Phi) is 3.65. The number of rotatable bonds is 3. The fourth-order valence-corrected chi connectivity index (χ4v) is 2.82. The lowest BCUT2D eigenvalue weighted by molar-refractivity contribution is 0.763. The SMILES string of the molecule is CCc1ccc(-c2ccc(C3CCNC3)cc2)cc1. The van der Waals surface area contributed by atoms with Crippen molar-refractivity contribution >= 4 is 0 Å². The van der Waals surface area contributed by atoms with Crippen LogP contribution in [0.1, 0.15) is 30.4 Å². The second-order valence-electron chi connectivity index (χ2n) is 5.36. The van der Waals surface area contributed by atoms with Crippen LogP contribution in [0.25, 0.3) is 11.1 Å². The Morgan fingerprint density at radius 3 is 2.11 bits per heavy atom. The second kappa shape index (κ2) is 5.58. The zero-order valence-corrected chi connectivity index (χ0v) is 11.5. The average Bonchev–Trinajstić information content (AvgIpc) is 3.02. The highest BCUT2D eigenvalue weighted by Gasteiger charge is 2.16. The Balaban J connectivity index is 1.80. The molecule has 1 aliphatic rings. The van der Waals surface area contributed by atoms with E-state index in [9.17, 15) is 0 Å². The molecule has 1 fully saturated rings. The van der Waals surface area contributed by atoms with Crippen molar-refractivity contribution in [1.29, 1.82) is 0 Å². The van der Waals surface area contributed by atoms with Gasteiger partial charge in [-0.15, -0.1) is 0 Å². The zero-order chi connectivity index (χ0) is 13.1. The van der Waals surface area contributed by atoms with Gasteiger partial charge in [-0.2, -0.15) is 0 Å². The molecule has 1 N–H and O–H groups in total. The van der Waals surface area contributed by atoms with Crippen LogP contribution in [-0.4, -0.2) is 13.1 Å². The Bertz CT molecular complexity index is 519. The van der Waals surface area contributed by atoms with Crippen LogP contribution >= 0.6 is 0 Å². The summed E-state index contributed by atoms with van der Waals surface area (Å²) in [7, 11) is 0. The molecule has 0 spiro atoms. The van der Waals surface area contributed by atoms with Crippen molar-refractivity contribution in [1.82, 2.24) is 5.32 Å². The maximum atomic E-state index is 3.43. The summed E-state index contributed by atoms with van der Waals surface area (Å²) in [6.07, 6.45) is 2.37. The maximum absolute atomic E-state index is 3.43. The van der Waals surface area contributed by atoms with Gasteiger partial charge in [0.15, 0.2) is 0 Å². The van der Waals surface area contributed by atoms with Crippen molar-refractivity contribution in [2.24, 2.45) is 0 Å². The molecule has 1 nitrogen and oxygen atoms in total. The predicted molar refractivity (Wildman–Crippen MR) is 81.5 cm³/mol. The van der Waals surface area contributed by atoms with Gasteiger partial charge in [0.2, 0.25) is 0 Å². The molecule has 3 rings (SSSR count). The molecular formula is C18H21N. The highest BCUT2D eigenvalue weighted by molar-refractivity contribution is 5.64. The standard InChI is InChI=1S/C18H21N/c1-2-14-3-5-15(6-4-14)16-7-9-17(10-8-16)18-11-12-19-13-18/h3-10,18-19H,2,11-13H2,1H3. The molecule has 1 heteroatoms. The first-order valence-electron chi connectivity index (χ1n) is 7.27. The van der Waals surface area contributed by atoms with Gasteiger partial charge in [0.1, 0.15) is 0 Å². The zero-order valence-electron chi connectivity index (χ0n) is 11.5. The van der Waals surface area contributed by atoms with Gasteiger partial charge >= 0.3 is 0 Å². The van der Waals surface area contributed by atoms with Gasteiger partial charge in [0, 0.05) is 6.54 Å². The van der Waals surface area contributed by atoms with E-state index in [-0.39, 0.29) is 0 Å². The Hall–Kier alpha value is -1.60. The van der Waals surface area contributed by atoms with Crippen LogP contribution < -0.4 is 5.32 Å². The van der Waals surface area contributed by atoms with Crippen LogP contribution in [0.4, 0.5) is 0 Å². The summed E-state index contributed by atoms with van der Waals surface area (Å²) in [4.78, 5) is 0. The van der Waals surface area contributed by atoms with E-state index >= 15 is 0 Å². The molecule has 19 heavy (non-hydrogen) atoms. The molecule has 1 heterocycles. The third-order valence-electron chi connectivity index (χ3n) is 4.14. The average molecular weight is 251 g/mol. The van der Waals surface area contributed by atoms with Crippen LogP contribution in [0.5, 0.6) is 0 Å². The first kappa shape index (κ1) is 12.4. The van der Waals surface area contributed by atoms with Crippen LogP contribution in [0.3, 0.4) is 0 Å². The summed E-state index contributed by atoms with van der Waals surface area (Å²) in [5.41, 5.74) is 5.50. The minimum absolute atomic E-state index is 0.705. The summed E-state index contributed by atoms with van der Waals surface area (Å²) >= 11 is 0. The molecular weight excluding hydrogens is 230 g/mol. The number of aryl methyl sites for hydroxylation is 1. The number of nitrogens with one attached hydrogen (secondary N) is 1. The Morgan fingerprint density at radius 1 is 0.947 bits per heavy atom. The molecule has 1 saturated heterocycles. The number of hydrogen-bond acceptors (Lipinski definition) is 1. The van der Waals surface area contributed by atoms with Gasteiger partial charge in [-0.05, 0) is 47.6 Å². The van der Waals surface area contributed by atoms with E-state index in [1.54, 1.807) is 0 Å². The fraction of sp³-hybridized carbons (Fsp3) is 0.333. The van der Waals surface area contributed by atoms with E-state index in [4.69, 9.17) is 0 Å². The van der Waals surface area contributed by atoms with Gasteiger partial charge in [0.25, 0.3) is 0 Å². The lowest BCUT2D eigenvalue weighted by Gasteiger charge is -2.10. The molecule has 0 radical (unpaired) electrons. The van der Waals surface area contributed by atoms with Crippen LogP contribution in [0, 0.1) is 0 Å². The van der Waals surface area contributed by atoms with E-state index in [1.165, 1.54) is 28.7 Å². The van der Waals surface area contributed by atoms with Gasteiger partial charge in [-0.25, -0.2) is 0 Å². The first-order valence-corrected chi connectivity index (χ1v) is 7.27. The largest absolute Gasteiger partial charge is 0.316 e. The minimum atomic E-state index is 0.705. The van der Waals surface area contributed by atoms with Crippen LogP contribution in [-0.2, 0) is 6.42 Å². The van der Waals surface area contributed by atoms with E-state index in [1.807, 2.05) is 0 Å². The van der Waals surface area contributed by atoms with Crippen molar-refractivity contribution in [3.8, 4) is 11.1 Å². The summed E-state index contributed by atoms with van der Waals surface area (Å²) in [5, 5.41) is 3.43. The van der Waals surface area contributed by atoms with Gasteiger partial charge in [-0.3, -0.25) is 0 Å². The maximum Gasteiger partial charge on any atom is 0.00206 e. The van der Waals surface area contributed by atoms with Crippen molar-refractivity contribution in [2.45, 2.75) is 25.7 Å². The van der Waals surface area contributed by atoms with Crippen LogP contribution in [0.15, 0.2) is 48.5 Å². The topological polar surface area (TPSA) is 12.0 Å². The summed E-state index contributed by atoms with van der Waals surface area (Å²) in [5.74, 6) is 0.705. The Labute approximate surface area is 115 Å². The molecule has 0 aliphatic carbocycles. The quantitative estimate of drug-likeness (QED) is 0.869. The summed E-state index contributed by atoms with van der Waals surface area (Å²) in [6.45, 7) is 4.48. The molecule has 0 saturated carbocycles. The second-order valence-corrected chi connectivity index (χ2v) is 5.36. The van der Waals surface area contributed by atoms with Crippen molar-refractivity contribution < 1.29 is 0 Å². The molecule has 2 aromatic carbocycles. The molecule has 98 valence electrons. The van der Waals surface area contributed by atoms with E-state index < -0.39 is 0 Å². The third kappa shape index (κ3) is 2.71. The lowest BCUT2D eigenvalue weighted by Crippen LogP contribution is -2.07. The van der Waals surface area contributed by atoms with Crippen LogP contribution in [0.2, 0.25) is 0 Å². The fourth-order valence-electron chi connectivity index (χ4n) is 2.82. The smallest absolute Gasteiger partial charge is 0.00206 e. The monoisotopic (exact) mass is 251 g/mol. The third-order valence-corrected chi connectivity index (χ3v) is 4.14. The summed E-state index contributed by atoms with van der Waals surface area (Å²) in [6, 6.07) is 18.0. The molecule has 0 amide bonds.